The Morgan fingerprint density at radius 1 is 1.09 bits per heavy atom. The molecular formula is C21H23ClN3O5S2-. The number of rotatable bonds is 8. The second kappa shape index (κ2) is 10.0. The molecule has 0 unspecified atom stereocenters. The molecule has 1 amide bonds. The lowest BCUT2D eigenvalue weighted by atomic mass is 10.3. The number of anilines is 1. The SMILES string of the molecule is CN(C)CCN(C(=O)CCS(=O)(=O)c1ccccc1)c1nc2cc3c(cc2s1)OCO3.[Cl-]. The molecule has 0 spiro atoms. The standard InChI is InChI=1S/C21H23N3O5S2.ClH/c1-23(2)9-10-24(20(25)8-11-31(26,27)15-6-4-3-5-7-15)21-22-16-12-17-18(29-14-28-17)13-19(16)30-21;/h3-7,12-13H,8-11,14H2,1-2H3;1H/p-1. The maximum absolute atomic E-state index is 13.1. The van der Waals surface area contributed by atoms with Gasteiger partial charge in [-0.2, -0.15) is 0 Å². The molecule has 1 aliphatic rings. The molecule has 172 valence electrons. The van der Waals surface area contributed by atoms with Crippen LogP contribution in [0.1, 0.15) is 6.42 Å². The van der Waals surface area contributed by atoms with E-state index in [1.807, 2.05) is 25.1 Å². The molecule has 0 fully saturated rings. The van der Waals surface area contributed by atoms with Crippen LogP contribution in [-0.4, -0.2) is 63.9 Å². The van der Waals surface area contributed by atoms with Gasteiger partial charge in [0.05, 0.1) is 20.9 Å². The van der Waals surface area contributed by atoms with Crippen LogP contribution in [0.3, 0.4) is 0 Å². The molecule has 2 aromatic carbocycles. The lowest BCUT2D eigenvalue weighted by Crippen LogP contribution is -3.00. The third kappa shape index (κ3) is 5.32. The van der Waals surface area contributed by atoms with Gasteiger partial charge in [-0.1, -0.05) is 29.5 Å². The molecule has 0 bridgehead atoms. The van der Waals surface area contributed by atoms with Crippen molar-refractivity contribution in [2.45, 2.75) is 11.3 Å². The minimum Gasteiger partial charge on any atom is -1.00 e. The maximum atomic E-state index is 13.1. The van der Waals surface area contributed by atoms with E-state index in [-0.39, 0.29) is 42.2 Å². The van der Waals surface area contributed by atoms with E-state index in [0.29, 0.717) is 35.2 Å². The molecule has 32 heavy (non-hydrogen) atoms. The van der Waals surface area contributed by atoms with Crippen LogP contribution in [0.2, 0.25) is 0 Å². The average Bonchev–Trinajstić information content (AvgIpc) is 3.36. The number of thiazole rings is 1. The summed E-state index contributed by atoms with van der Waals surface area (Å²) < 4.78 is 36.9. The first-order valence-electron chi connectivity index (χ1n) is 9.76. The van der Waals surface area contributed by atoms with Crippen molar-refractivity contribution in [3.63, 3.8) is 0 Å². The molecule has 2 heterocycles. The molecule has 0 N–H and O–H groups in total. The van der Waals surface area contributed by atoms with Crippen LogP contribution in [-0.2, 0) is 14.6 Å². The summed E-state index contributed by atoms with van der Waals surface area (Å²) in [5.41, 5.74) is 0.712. The number of carbonyl (C=O) groups excluding carboxylic acids is 1. The molecule has 8 nitrogen and oxygen atoms in total. The summed E-state index contributed by atoms with van der Waals surface area (Å²) in [4.78, 5) is 21.4. The highest BCUT2D eigenvalue weighted by molar-refractivity contribution is 7.91. The summed E-state index contributed by atoms with van der Waals surface area (Å²) in [6.07, 6.45) is -0.122. The van der Waals surface area contributed by atoms with E-state index in [1.165, 1.54) is 11.3 Å². The molecule has 0 atom stereocenters. The van der Waals surface area contributed by atoms with E-state index < -0.39 is 9.84 Å². The van der Waals surface area contributed by atoms with Crippen molar-refractivity contribution in [3.05, 3.63) is 42.5 Å². The number of likely N-dealkylation sites (N-methyl/N-ethyl adjacent to an activating group) is 1. The third-order valence-corrected chi connectivity index (χ3v) is 7.63. The number of hydrogen-bond acceptors (Lipinski definition) is 8. The van der Waals surface area contributed by atoms with Gasteiger partial charge in [0.15, 0.2) is 26.5 Å². The first kappa shape index (κ1) is 24.2. The molecule has 11 heteroatoms. The van der Waals surface area contributed by atoms with Crippen LogP contribution in [0.4, 0.5) is 5.13 Å². The summed E-state index contributed by atoms with van der Waals surface area (Å²) >= 11 is 1.37. The number of sulfone groups is 1. The van der Waals surface area contributed by atoms with E-state index in [1.54, 1.807) is 41.3 Å². The Kier molecular flexibility index (Phi) is 7.60. The van der Waals surface area contributed by atoms with Crippen molar-refractivity contribution >= 4 is 42.4 Å². The first-order valence-corrected chi connectivity index (χ1v) is 12.2. The van der Waals surface area contributed by atoms with Crippen molar-refractivity contribution in [2.24, 2.45) is 0 Å². The largest absolute Gasteiger partial charge is 1.00 e. The number of hydrogen-bond donors (Lipinski definition) is 0. The number of ether oxygens (including phenoxy) is 2. The highest BCUT2D eigenvalue weighted by Gasteiger charge is 2.24. The van der Waals surface area contributed by atoms with Crippen molar-refractivity contribution < 1.29 is 35.1 Å². The summed E-state index contributed by atoms with van der Waals surface area (Å²) in [5.74, 6) is 0.752. The van der Waals surface area contributed by atoms with Gasteiger partial charge in [-0.05, 0) is 26.2 Å². The van der Waals surface area contributed by atoms with Crippen molar-refractivity contribution in [2.75, 3.05) is 44.6 Å². The van der Waals surface area contributed by atoms with Gasteiger partial charge in [-0.15, -0.1) is 0 Å². The predicted octanol–water partition coefficient (Wildman–Crippen LogP) is -0.212. The third-order valence-electron chi connectivity index (χ3n) is 4.86. The van der Waals surface area contributed by atoms with Crippen molar-refractivity contribution in [1.82, 2.24) is 9.88 Å². The fraction of sp³-hybridized carbons (Fsp3) is 0.333. The Morgan fingerprint density at radius 2 is 1.78 bits per heavy atom. The number of carbonyl (C=O) groups is 1. The molecule has 0 saturated carbocycles. The molecule has 0 radical (unpaired) electrons. The number of halogens is 1. The van der Waals surface area contributed by atoms with Crippen LogP contribution in [0.5, 0.6) is 11.5 Å². The average molecular weight is 497 g/mol. The van der Waals surface area contributed by atoms with Crippen LogP contribution in [0.15, 0.2) is 47.4 Å². The van der Waals surface area contributed by atoms with E-state index in [2.05, 4.69) is 4.98 Å². The van der Waals surface area contributed by atoms with Gasteiger partial charge in [-0.25, -0.2) is 13.4 Å². The van der Waals surface area contributed by atoms with Gasteiger partial charge in [0, 0.05) is 31.6 Å². The molecule has 4 rings (SSSR count). The zero-order valence-corrected chi connectivity index (χ0v) is 20.0. The number of fused-ring (bicyclic) bond motifs is 2. The zero-order valence-electron chi connectivity index (χ0n) is 17.7. The second-order valence-electron chi connectivity index (χ2n) is 7.40. The monoisotopic (exact) mass is 496 g/mol. The minimum absolute atomic E-state index is 0. The van der Waals surface area contributed by atoms with Crippen LogP contribution in [0, 0.1) is 0 Å². The summed E-state index contributed by atoms with van der Waals surface area (Å²) in [5, 5.41) is 0.530. The summed E-state index contributed by atoms with van der Waals surface area (Å²) in [7, 11) is 0.292. The van der Waals surface area contributed by atoms with Gasteiger partial charge in [-0.3, -0.25) is 9.69 Å². The highest BCUT2D eigenvalue weighted by Crippen LogP contribution is 2.39. The van der Waals surface area contributed by atoms with Gasteiger partial charge in [0.2, 0.25) is 12.7 Å². The number of nitrogens with zero attached hydrogens (tertiary/aromatic N) is 3. The van der Waals surface area contributed by atoms with E-state index in [4.69, 9.17) is 9.47 Å². The molecular weight excluding hydrogens is 474 g/mol. The van der Waals surface area contributed by atoms with Gasteiger partial charge in [0.25, 0.3) is 0 Å². The minimum atomic E-state index is -3.54. The van der Waals surface area contributed by atoms with Gasteiger partial charge >= 0.3 is 0 Å². The summed E-state index contributed by atoms with van der Waals surface area (Å²) in [6, 6.07) is 11.8. The smallest absolute Gasteiger partial charge is 0.231 e. The lowest BCUT2D eigenvalue weighted by Gasteiger charge is -2.22. The Hall–Kier alpha value is -2.40. The van der Waals surface area contributed by atoms with E-state index in [0.717, 1.165) is 4.70 Å². The quantitative estimate of drug-likeness (QED) is 0.426. The Labute approximate surface area is 197 Å². The van der Waals surface area contributed by atoms with Crippen LogP contribution < -0.4 is 26.8 Å². The topological polar surface area (TPSA) is 89.0 Å². The zero-order chi connectivity index (χ0) is 22.0. The fourth-order valence-corrected chi connectivity index (χ4v) is 5.42. The maximum Gasteiger partial charge on any atom is 0.231 e. The Bertz CT molecular complexity index is 1160. The number of aromatic nitrogens is 1. The normalized spacial score (nSPS) is 12.7. The number of amides is 1. The Balaban J connectivity index is 0.00000289. The second-order valence-corrected chi connectivity index (χ2v) is 10.5. The van der Waals surface area contributed by atoms with E-state index in [9.17, 15) is 13.2 Å². The van der Waals surface area contributed by atoms with Crippen molar-refractivity contribution in [3.8, 4) is 11.5 Å². The van der Waals surface area contributed by atoms with Crippen LogP contribution in [0.25, 0.3) is 10.2 Å². The van der Waals surface area contributed by atoms with Crippen molar-refractivity contribution in [1.29, 1.82) is 0 Å². The van der Waals surface area contributed by atoms with E-state index >= 15 is 0 Å². The molecule has 3 aromatic rings. The first-order chi connectivity index (χ1) is 14.8. The molecule has 1 aromatic heterocycles. The Morgan fingerprint density at radius 3 is 2.47 bits per heavy atom. The van der Waals surface area contributed by atoms with Crippen LogP contribution >= 0.6 is 11.3 Å². The van der Waals surface area contributed by atoms with Gasteiger partial charge in [0.1, 0.15) is 0 Å². The molecule has 0 saturated heterocycles. The fourth-order valence-electron chi connectivity index (χ4n) is 3.15. The molecule has 0 aliphatic carbocycles. The molecule has 1 aliphatic heterocycles. The predicted molar refractivity (Wildman–Crippen MR) is 120 cm³/mol. The van der Waals surface area contributed by atoms with Gasteiger partial charge < -0.3 is 26.8 Å². The lowest BCUT2D eigenvalue weighted by molar-refractivity contribution is -0.118. The number of benzene rings is 2. The highest BCUT2D eigenvalue weighted by atomic mass is 35.5. The summed E-state index contributed by atoms with van der Waals surface area (Å²) in [6.45, 7) is 1.21.